The summed E-state index contributed by atoms with van der Waals surface area (Å²) in [5.74, 6) is 1.34. The van der Waals surface area contributed by atoms with Gasteiger partial charge >= 0.3 is 0 Å². The summed E-state index contributed by atoms with van der Waals surface area (Å²) in [6, 6.07) is 15.2. The Labute approximate surface area is 185 Å². The molecule has 0 radical (unpaired) electrons. The third kappa shape index (κ3) is 5.00. The van der Waals surface area contributed by atoms with Crippen LogP contribution in [0.2, 0.25) is 5.02 Å². The van der Waals surface area contributed by atoms with Gasteiger partial charge in [-0.1, -0.05) is 22.8 Å². The minimum Gasteiger partial charge on any atom is -0.339 e. The van der Waals surface area contributed by atoms with Crippen LogP contribution in [0.3, 0.4) is 0 Å². The highest BCUT2D eigenvalue weighted by atomic mass is 35.5. The number of amides is 1. The van der Waals surface area contributed by atoms with E-state index in [0.29, 0.717) is 29.0 Å². The quantitative estimate of drug-likeness (QED) is 0.456. The van der Waals surface area contributed by atoms with Crippen molar-refractivity contribution in [2.24, 2.45) is 0 Å². The summed E-state index contributed by atoms with van der Waals surface area (Å²) in [6.45, 7) is 5.97. The van der Waals surface area contributed by atoms with E-state index in [4.69, 9.17) is 16.1 Å². The van der Waals surface area contributed by atoms with E-state index < -0.39 is 0 Å². The Hall–Kier alpha value is -3.45. The van der Waals surface area contributed by atoms with Gasteiger partial charge in [-0.05, 0) is 68.3 Å². The molecule has 31 heavy (non-hydrogen) atoms. The predicted octanol–water partition coefficient (Wildman–Crippen LogP) is 5.07. The molecule has 158 valence electrons. The molecule has 0 bridgehead atoms. The van der Waals surface area contributed by atoms with E-state index in [2.05, 4.69) is 26.6 Å². The number of nitrogens with one attached hydrogen (secondary N) is 1. The monoisotopic (exact) mass is 435 g/mol. The lowest BCUT2D eigenvalue weighted by atomic mass is 10.1. The zero-order valence-corrected chi connectivity index (χ0v) is 18.3. The first kappa shape index (κ1) is 20.8. The van der Waals surface area contributed by atoms with Crippen LogP contribution in [-0.4, -0.2) is 25.8 Å². The van der Waals surface area contributed by atoms with Gasteiger partial charge in [0.1, 0.15) is 5.82 Å². The van der Waals surface area contributed by atoms with E-state index in [-0.39, 0.29) is 12.3 Å². The third-order valence-corrected chi connectivity index (χ3v) is 4.94. The minimum atomic E-state index is -0.156. The van der Waals surface area contributed by atoms with Gasteiger partial charge in [-0.3, -0.25) is 4.79 Å². The highest BCUT2D eigenvalue weighted by Gasteiger charge is 2.14. The SMILES string of the molecule is Cc1cc(C)cc(-n2nc(C)cc2NC(=O)CCc2nc(-c3ccc(Cl)cc3)no2)c1. The van der Waals surface area contributed by atoms with Crippen molar-refractivity contribution in [3.05, 3.63) is 76.3 Å². The maximum Gasteiger partial charge on any atom is 0.227 e. The smallest absolute Gasteiger partial charge is 0.227 e. The molecule has 7 nitrogen and oxygen atoms in total. The van der Waals surface area contributed by atoms with Gasteiger partial charge in [0.15, 0.2) is 0 Å². The Morgan fingerprint density at radius 3 is 2.48 bits per heavy atom. The van der Waals surface area contributed by atoms with E-state index in [1.54, 1.807) is 16.8 Å². The first-order valence-corrected chi connectivity index (χ1v) is 10.3. The zero-order valence-electron chi connectivity index (χ0n) is 17.5. The number of aromatic nitrogens is 4. The lowest BCUT2D eigenvalue weighted by molar-refractivity contribution is -0.116. The fourth-order valence-corrected chi connectivity index (χ4v) is 3.48. The maximum atomic E-state index is 12.6. The number of benzene rings is 2. The van der Waals surface area contributed by atoms with Gasteiger partial charge in [0.05, 0.1) is 11.4 Å². The van der Waals surface area contributed by atoms with Crippen LogP contribution in [0.25, 0.3) is 17.1 Å². The molecule has 0 atom stereocenters. The number of halogens is 1. The standard InChI is InChI=1S/C23H22ClN5O2/c1-14-10-15(2)12-19(11-14)29-20(13-16(3)27-29)25-21(30)8-9-22-26-23(28-31-22)17-4-6-18(24)7-5-17/h4-7,10-13H,8-9H2,1-3H3,(H,25,30). The number of hydrogen-bond donors (Lipinski definition) is 1. The van der Waals surface area contributed by atoms with Crippen molar-refractivity contribution in [1.29, 1.82) is 0 Å². The number of carbonyl (C=O) groups is 1. The van der Waals surface area contributed by atoms with Crippen molar-refractivity contribution >= 4 is 23.3 Å². The van der Waals surface area contributed by atoms with Gasteiger partial charge in [-0.2, -0.15) is 10.1 Å². The van der Waals surface area contributed by atoms with Crippen molar-refractivity contribution in [2.75, 3.05) is 5.32 Å². The topological polar surface area (TPSA) is 85.8 Å². The summed E-state index contributed by atoms with van der Waals surface area (Å²) in [6.07, 6.45) is 0.544. The van der Waals surface area contributed by atoms with E-state index >= 15 is 0 Å². The van der Waals surface area contributed by atoms with Gasteiger partial charge in [0, 0.05) is 29.5 Å². The van der Waals surface area contributed by atoms with Crippen molar-refractivity contribution in [3.8, 4) is 17.1 Å². The molecule has 0 spiro atoms. The zero-order chi connectivity index (χ0) is 22.0. The molecular weight excluding hydrogens is 414 g/mol. The Bertz CT molecular complexity index is 1210. The summed E-state index contributed by atoms with van der Waals surface area (Å²) >= 11 is 5.91. The Morgan fingerprint density at radius 1 is 1.06 bits per heavy atom. The molecule has 0 aliphatic carbocycles. The molecule has 2 aromatic carbocycles. The van der Waals surface area contributed by atoms with Crippen LogP contribution in [0.1, 0.15) is 29.1 Å². The molecule has 0 aliphatic rings. The first-order valence-electron chi connectivity index (χ1n) is 9.91. The van der Waals surface area contributed by atoms with Crippen molar-refractivity contribution in [2.45, 2.75) is 33.6 Å². The second kappa shape index (κ2) is 8.73. The maximum absolute atomic E-state index is 12.6. The Kier molecular flexibility index (Phi) is 5.86. The van der Waals surface area contributed by atoms with Gasteiger partial charge in [0.2, 0.25) is 17.6 Å². The molecule has 4 aromatic rings. The van der Waals surface area contributed by atoms with Crippen LogP contribution in [-0.2, 0) is 11.2 Å². The summed E-state index contributed by atoms with van der Waals surface area (Å²) in [7, 11) is 0. The number of anilines is 1. The van der Waals surface area contributed by atoms with Crippen molar-refractivity contribution in [3.63, 3.8) is 0 Å². The molecule has 1 N–H and O–H groups in total. The highest BCUT2D eigenvalue weighted by Crippen LogP contribution is 2.21. The van der Waals surface area contributed by atoms with Gasteiger partial charge in [0.25, 0.3) is 0 Å². The van der Waals surface area contributed by atoms with Crippen LogP contribution < -0.4 is 5.32 Å². The van der Waals surface area contributed by atoms with Crippen LogP contribution in [0, 0.1) is 20.8 Å². The summed E-state index contributed by atoms with van der Waals surface area (Å²) in [5, 5.41) is 12.1. The Balaban J connectivity index is 1.43. The fourth-order valence-electron chi connectivity index (χ4n) is 3.36. The average molecular weight is 436 g/mol. The van der Waals surface area contributed by atoms with Gasteiger partial charge in [-0.25, -0.2) is 4.68 Å². The molecule has 0 fully saturated rings. The van der Waals surface area contributed by atoms with E-state index in [1.807, 2.05) is 51.1 Å². The number of carbonyl (C=O) groups excluding carboxylic acids is 1. The second-order valence-corrected chi connectivity index (χ2v) is 7.93. The largest absolute Gasteiger partial charge is 0.339 e. The van der Waals surface area contributed by atoms with Crippen molar-refractivity contribution in [1.82, 2.24) is 19.9 Å². The third-order valence-electron chi connectivity index (χ3n) is 4.69. The molecule has 8 heteroatoms. The number of hydrogen-bond acceptors (Lipinski definition) is 5. The number of aryl methyl sites for hydroxylation is 4. The molecule has 2 heterocycles. The van der Waals surface area contributed by atoms with Gasteiger partial charge < -0.3 is 9.84 Å². The molecule has 1 amide bonds. The molecule has 4 rings (SSSR count). The van der Waals surface area contributed by atoms with Gasteiger partial charge in [-0.15, -0.1) is 0 Å². The number of rotatable bonds is 6. The number of nitrogens with zero attached hydrogens (tertiary/aromatic N) is 4. The minimum absolute atomic E-state index is 0.156. The van der Waals surface area contributed by atoms with E-state index in [1.165, 1.54) is 0 Å². The van der Waals surface area contributed by atoms with Crippen LogP contribution in [0.15, 0.2) is 53.1 Å². The molecule has 0 unspecified atom stereocenters. The van der Waals surface area contributed by atoms with E-state index in [0.717, 1.165) is 28.1 Å². The lowest BCUT2D eigenvalue weighted by Crippen LogP contribution is -2.15. The summed E-state index contributed by atoms with van der Waals surface area (Å²) in [4.78, 5) is 16.9. The summed E-state index contributed by atoms with van der Waals surface area (Å²) in [5.41, 5.74) is 4.79. The molecule has 0 saturated heterocycles. The average Bonchev–Trinajstić information content (AvgIpc) is 3.33. The van der Waals surface area contributed by atoms with Crippen LogP contribution >= 0.6 is 11.6 Å². The second-order valence-electron chi connectivity index (χ2n) is 7.50. The van der Waals surface area contributed by atoms with Crippen LogP contribution in [0.5, 0.6) is 0 Å². The predicted molar refractivity (Wildman–Crippen MR) is 119 cm³/mol. The summed E-state index contributed by atoms with van der Waals surface area (Å²) < 4.78 is 7.03. The van der Waals surface area contributed by atoms with Crippen LogP contribution in [0.4, 0.5) is 5.82 Å². The molecule has 2 aromatic heterocycles. The molecular formula is C23H22ClN5O2. The van der Waals surface area contributed by atoms with Crippen molar-refractivity contribution < 1.29 is 9.32 Å². The van der Waals surface area contributed by atoms with E-state index in [9.17, 15) is 4.79 Å². The molecule has 0 aliphatic heterocycles. The Morgan fingerprint density at radius 2 is 1.77 bits per heavy atom. The fraction of sp³-hybridized carbons (Fsp3) is 0.217. The first-order chi connectivity index (χ1) is 14.9. The molecule has 0 saturated carbocycles. The normalized spacial score (nSPS) is 11.0. The lowest BCUT2D eigenvalue weighted by Gasteiger charge is -2.10. The highest BCUT2D eigenvalue weighted by molar-refractivity contribution is 6.30.